The van der Waals surface area contributed by atoms with Gasteiger partial charge in [-0.25, -0.2) is 10.4 Å². The second kappa shape index (κ2) is 10.6. The molecule has 0 fully saturated rings. The maximum atomic E-state index is 12.0. The summed E-state index contributed by atoms with van der Waals surface area (Å²) in [7, 11) is 0. The first-order valence-corrected chi connectivity index (χ1v) is 8.49. The number of hydrogen-bond acceptors (Lipinski definition) is 5. The molecule has 0 saturated heterocycles. The van der Waals surface area contributed by atoms with Crippen molar-refractivity contribution in [1.82, 2.24) is 5.43 Å². The first-order chi connectivity index (χ1) is 12.0. The molecule has 25 heavy (non-hydrogen) atoms. The van der Waals surface area contributed by atoms with Crippen molar-refractivity contribution in [3.63, 3.8) is 0 Å². The van der Waals surface area contributed by atoms with E-state index in [1.54, 1.807) is 13.0 Å². The fraction of sp³-hybridized carbons (Fsp3) is 0.474. The molecule has 0 aliphatic rings. The highest BCUT2D eigenvalue weighted by molar-refractivity contribution is 5.92. The number of nitrogens with one attached hydrogen (secondary N) is 1. The summed E-state index contributed by atoms with van der Waals surface area (Å²) in [4.78, 5) is 12.0. The molecule has 0 heterocycles. The van der Waals surface area contributed by atoms with E-state index in [0.717, 1.165) is 19.3 Å². The SMILES string of the molecule is CCCC/C=C\CNN(C(C)=O)c1cc(C)c(C(O)CO)cc1C#N. The van der Waals surface area contributed by atoms with Gasteiger partial charge in [0.15, 0.2) is 0 Å². The van der Waals surface area contributed by atoms with Gasteiger partial charge in [0.1, 0.15) is 12.2 Å². The molecule has 0 radical (unpaired) electrons. The normalized spacial score (nSPS) is 12.2. The van der Waals surface area contributed by atoms with Crippen molar-refractivity contribution in [2.24, 2.45) is 0 Å². The third-order valence-corrected chi connectivity index (χ3v) is 3.85. The van der Waals surface area contributed by atoms with Crippen molar-refractivity contribution >= 4 is 11.6 Å². The molecule has 1 aromatic carbocycles. The van der Waals surface area contributed by atoms with Gasteiger partial charge in [0.2, 0.25) is 5.91 Å². The number of aliphatic hydroxyl groups excluding tert-OH is 2. The molecule has 0 aliphatic heterocycles. The predicted octanol–water partition coefficient (Wildman–Crippen LogP) is 2.50. The Labute approximate surface area is 149 Å². The highest BCUT2D eigenvalue weighted by Crippen LogP contribution is 2.27. The highest BCUT2D eigenvalue weighted by Gasteiger charge is 2.19. The standard InChI is InChI=1S/C19H27N3O3/c1-4-5-6-7-8-9-21-22(15(3)24)18-10-14(2)17(19(25)13-23)11-16(18)12-20/h7-8,10-11,19,21,23,25H,4-6,9,13H2,1-3H3/b8-7-. The third kappa shape index (κ3) is 5.98. The van der Waals surface area contributed by atoms with Crippen molar-refractivity contribution < 1.29 is 15.0 Å². The predicted molar refractivity (Wildman–Crippen MR) is 97.8 cm³/mol. The topological polar surface area (TPSA) is 96.6 Å². The Hall–Kier alpha value is -2.20. The lowest BCUT2D eigenvalue weighted by molar-refractivity contribution is -0.117. The van der Waals surface area contributed by atoms with Crippen LogP contribution in [0.15, 0.2) is 24.3 Å². The van der Waals surface area contributed by atoms with Crippen LogP contribution in [0.1, 0.15) is 55.9 Å². The van der Waals surface area contributed by atoms with Gasteiger partial charge in [-0.15, -0.1) is 0 Å². The van der Waals surface area contributed by atoms with Gasteiger partial charge in [-0.1, -0.05) is 31.9 Å². The number of amides is 1. The molecule has 1 unspecified atom stereocenters. The van der Waals surface area contributed by atoms with Gasteiger partial charge in [0, 0.05) is 13.5 Å². The average Bonchev–Trinajstić information content (AvgIpc) is 2.60. The number of hydrazine groups is 1. The zero-order valence-corrected chi connectivity index (χ0v) is 15.1. The van der Waals surface area contributed by atoms with Gasteiger partial charge >= 0.3 is 0 Å². The van der Waals surface area contributed by atoms with Crippen LogP contribution in [0, 0.1) is 18.3 Å². The van der Waals surface area contributed by atoms with Crippen LogP contribution in [-0.2, 0) is 4.79 Å². The summed E-state index contributed by atoms with van der Waals surface area (Å²) in [6.45, 7) is 5.35. The first-order valence-electron chi connectivity index (χ1n) is 8.49. The molecule has 136 valence electrons. The van der Waals surface area contributed by atoms with Crippen molar-refractivity contribution in [2.75, 3.05) is 18.2 Å². The number of rotatable bonds is 9. The maximum Gasteiger partial charge on any atom is 0.238 e. The van der Waals surface area contributed by atoms with E-state index in [9.17, 15) is 15.2 Å². The van der Waals surface area contributed by atoms with Crippen LogP contribution in [0.2, 0.25) is 0 Å². The number of anilines is 1. The number of carbonyl (C=O) groups is 1. The number of allylic oxidation sites excluding steroid dienone is 1. The van der Waals surface area contributed by atoms with Gasteiger partial charge in [-0.2, -0.15) is 5.26 Å². The molecular weight excluding hydrogens is 318 g/mol. The van der Waals surface area contributed by atoms with Crippen LogP contribution < -0.4 is 10.4 Å². The number of unbranched alkanes of at least 4 members (excludes halogenated alkanes) is 2. The van der Waals surface area contributed by atoms with E-state index < -0.39 is 12.7 Å². The Bertz CT molecular complexity index is 650. The second-order valence-electron chi connectivity index (χ2n) is 5.87. The van der Waals surface area contributed by atoms with Gasteiger partial charge in [-0.05, 0) is 36.6 Å². The van der Waals surface area contributed by atoms with Crippen LogP contribution in [0.4, 0.5) is 5.69 Å². The summed E-state index contributed by atoms with van der Waals surface area (Å²) in [6.07, 6.45) is 6.21. The zero-order chi connectivity index (χ0) is 18.8. The number of aliphatic hydroxyl groups is 2. The zero-order valence-electron chi connectivity index (χ0n) is 15.1. The van der Waals surface area contributed by atoms with E-state index in [4.69, 9.17) is 5.11 Å². The van der Waals surface area contributed by atoms with Crippen LogP contribution in [0.25, 0.3) is 0 Å². The Kier molecular flexibility index (Phi) is 8.86. The molecule has 1 aromatic rings. The molecule has 1 amide bonds. The maximum absolute atomic E-state index is 12.0. The highest BCUT2D eigenvalue weighted by atomic mass is 16.3. The van der Waals surface area contributed by atoms with Crippen LogP contribution >= 0.6 is 0 Å². The molecule has 0 spiro atoms. The Morgan fingerprint density at radius 2 is 2.16 bits per heavy atom. The average molecular weight is 345 g/mol. The number of nitriles is 1. The number of hydrogen-bond donors (Lipinski definition) is 3. The van der Waals surface area contributed by atoms with Crippen LogP contribution in [-0.4, -0.2) is 29.3 Å². The van der Waals surface area contributed by atoms with E-state index in [1.165, 1.54) is 18.0 Å². The van der Waals surface area contributed by atoms with Crippen molar-refractivity contribution in [1.29, 1.82) is 5.26 Å². The molecule has 0 aromatic heterocycles. The quantitative estimate of drug-likeness (QED) is 0.363. The molecule has 3 N–H and O–H groups in total. The summed E-state index contributed by atoms with van der Waals surface area (Å²) in [5, 5.41) is 29.7. The Morgan fingerprint density at radius 1 is 1.44 bits per heavy atom. The molecule has 1 rings (SSSR count). The number of nitrogens with zero attached hydrogens (tertiary/aromatic N) is 2. The molecule has 0 aliphatic carbocycles. The molecular formula is C19H27N3O3. The largest absolute Gasteiger partial charge is 0.393 e. The Morgan fingerprint density at radius 3 is 2.72 bits per heavy atom. The number of benzene rings is 1. The van der Waals surface area contributed by atoms with Gasteiger partial charge in [-0.3, -0.25) is 4.79 Å². The number of aryl methyl sites for hydroxylation is 1. The fourth-order valence-corrected chi connectivity index (χ4v) is 2.47. The molecule has 0 bridgehead atoms. The first kappa shape index (κ1) is 20.8. The summed E-state index contributed by atoms with van der Waals surface area (Å²) in [5.41, 5.74) is 4.87. The molecule has 0 saturated carbocycles. The van der Waals surface area contributed by atoms with Crippen molar-refractivity contribution in [3.8, 4) is 6.07 Å². The lowest BCUT2D eigenvalue weighted by Crippen LogP contribution is -2.42. The van der Waals surface area contributed by atoms with Crippen LogP contribution in [0.5, 0.6) is 0 Å². The van der Waals surface area contributed by atoms with Gasteiger partial charge in [0.25, 0.3) is 0 Å². The van der Waals surface area contributed by atoms with Crippen molar-refractivity contribution in [2.45, 2.75) is 46.1 Å². The minimum atomic E-state index is -1.05. The van der Waals surface area contributed by atoms with Gasteiger partial charge in [0.05, 0.1) is 17.9 Å². The smallest absolute Gasteiger partial charge is 0.238 e. The van der Waals surface area contributed by atoms with E-state index in [1.807, 2.05) is 6.08 Å². The van der Waals surface area contributed by atoms with E-state index in [2.05, 4.69) is 24.5 Å². The van der Waals surface area contributed by atoms with Crippen LogP contribution in [0.3, 0.4) is 0 Å². The summed E-state index contributed by atoms with van der Waals surface area (Å²) >= 11 is 0. The van der Waals surface area contributed by atoms with Gasteiger partial charge < -0.3 is 10.2 Å². The summed E-state index contributed by atoms with van der Waals surface area (Å²) in [5.74, 6) is -0.242. The summed E-state index contributed by atoms with van der Waals surface area (Å²) < 4.78 is 0. The molecule has 6 nitrogen and oxygen atoms in total. The Balaban J connectivity index is 3.03. The fourth-order valence-electron chi connectivity index (χ4n) is 2.47. The van der Waals surface area contributed by atoms with Crippen molar-refractivity contribution in [3.05, 3.63) is 41.0 Å². The molecule has 1 atom stereocenters. The number of carbonyl (C=O) groups excluding carboxylic acids is 1. The third-order valence-electron chi connectivity index (χ3n) is 3.85. The molecule has 6 heteroatoms. The summed E-state index contributed by atoms with van der Waals surface area (Å²) in [6, 6.07) is 5.23. The van der Waals surface area contributed by atoms with E-state index >= 15 is 0 Å². The van der Waals surface area contributed by atoms with E-state index in [0.29, 0.717) is 23.4 Å². The minimum Gasteiger partial charge on any atom is -0.393 e. The lowest BCUT2D eigenvalue weighted by Gasteiger charge is -2.24. The lowest BCUT2D eigenvalue weighted by atomic mass is 9.99. The minimum absolute atomic E-state index is 0.242. The monoisotopic (exact) mass is 345 g/mol. The van der Waals surface area contributed by atoms with E-state index in [-0.39, 0.29) is 11.5 Å². The second-order valence-corrected chi connectivity index (χ2v) is 5.87.